The predicted molar refractivity (Wildman–Crippen MR) is 353 cm³/mol. The molecule has 6 nitrogen and oxygen atoms in total. The van der Waals surface area contributed by atoms with E-state index in [0.717, 1.165) is 83.5 Å². The Morgan fingerprint density at radius 3 is 0.765 bits per heavy atom. The highest BCUT2D eigenvalue weighted by Crippen LogP contribution is 2.19. The van der Waals surface area contributed by atoms with E-state index in [1.807, 2.05) is 0 Å². The van der Waals surface area contributed by atoms with Gasteiger partial charge in [-0.2, -0.15) is 0 Å². The van der Waals surface area contributed by atoms with Crippen molar-refractivity contribution < 1.29 is 28.6 Å². The number of rotatable bonds is 67. The first-order chi connectivity index (χ1) is 40.0. The second-order valence-electron chi connectivity index (χ2n) is 24.5. The maximum Gasteiger partial charge on any atom is 0.306 e. The molecule has 0 aromatic carbocycles. The number of hydrogen-bond acceptors (Lipinski definition) is 6. The van der Waals surface area contributed by atoms with Crippen molar-refractivity contribution in [3.8, 4) is 0 Å². The number of carbonyl (C=O) groups excluding carboxylic acids is 3. The number of carbonyl (C=O) groups is 3. The van der Waals surface area contributed by atoms with E-state index >= 15 is 0 Å². The Morgan fingerprint density at radius 1 is 0.259 bits per heavy atom. The van der Waals surface area contributed by atoms with E-state index in [0.29, 0.717) is 19.3 Å². The van der Waals surface area contributed by atoms with Gasteiger partial charge in [-0.15, -0.1) is 0 Å². The zero-order chi connectivity index (χ0) is 58.5. The summed E-state index contributed by atoms with van der Waals surface area (Å²) in [6, 6.07) is 0. The van der Waals surface area contributed by atoms with Crippen LogP contribution in [0.5, 0.6) is 0 Å². The van der Waals surface area contributed by atoms with Gasteiger partial charge in [0, 0.05) is 19.3 Å². The molecule has 1 atom stereocenters. The molecule has 0 bridgehead atoms. The number of esters is 3. The van der Waals surface area contributed by atoms with E-state index in [-0.39, 0.29) is 31.1 Å². The van der Waals surface area contributed by atoms with Crippen molar-refractivity contribution in [3.05, 3.63) is 48.6 Å². The minimum Gasteiger partial charge on any atom is -0.462 e. The summed E-state index contributed by atoms with van der Waals surface area (Å²) in [5.41, 5.74) is 0. The Bertz CT molecular complexity index is 1400. The maximum atomic E-state index is 13.0. The third kappa shape index (κ3) is 68.0. The van der Waals surface area contributed by atoms with Gasteiger partial charge < -0.3 is 14.2 Å². The number of ether oxygens (including phenoxy) is 3. The summed E-state index contributed by atoms with van der Waals surface area (Å²) in [5, 5.41) is 0. The molecule has 0 saturated heterocycles. The van der Waals surface area contributed by atoms with Gasteiger partial charge in [0.15, 0.2) is 6.10 Å². The van der Waals surface area contributed by atoms with E-state index in [9.17, 15) is 14.4 Å². The lowest BCUT2D eigenvalue weighted by atomic mass is 10.0. The summed E-state index contributed by atoms with van der Waals surface area (Å²) < 4.78 is 17.0. The van der Waals surface area contributed by atoms with Crippen LogP contribution in [0, 0.1) is 0 Å². The first kappa shape index (κ1) is 78.4. The second-order valence-corrected chi connectivity index (χ2v) is 24.5. The van der Waals surface area contributed by atoms with Crippen LogP contribution in [0.2, 0.25) is 0 Å². The molecule has 474 valence electrons. The highest BCUT2D eigenvalue weighted by atomic mass is 16.6. The summed E-state index contributed by atoms with van der Waals surface area (Å²) >= 11 is 0. The Hall–Kier alpha value is -2.63. The first-order valence-electron chi connectivity index (χ1n) is 36.1. The third-order valence-electron chi connectivity index (χ3n) is 16.3. The fraction of sp³-hybridized carbons (Fsp3) is 0.853. The van der Waals surface area contributed by atoms with Gasteiger partial charge in [0.25, 0.3) is 0 Å². The van der Waals surface area contributed by atoms with E-state index in [1.165, 1.54) is 270 Å². The molecule has 0 aliphatic rings. The molecule has 0 radical (unpaired) electrons. The average Bonchev–Trinajstić information content (AvgIpc) is 3.47. The summed E-state index contributed by atoms with van der Waals surface area (Å²) in [6.07, 6.45) is 88.6. The van der Waals surface area contributed by atoms with Crippen LogP contribution in [0.15, 0.2) is 48.6 Å². The van der Waals surface area contributed by atoms with Crippen LogP contribution in [0.25, 0.3) is 0 Å². The van der Waals surface area contributed by atoms with E-state index in [2.05, 4.69) is 69.4 Å². The largest absolute Gasteiger partial charge is 0.462 e. The Labute approximate surface area is 505 Å². The van der Waals surface area contributed by atoms with E-state index < -0.39 is 6.10 Å². The zero-order valence-electron chi connectivity index (χ0n) is 54.6. The standard InChI is InChI=1S/C75H138O6/c1-4-7-10-13-16-19-22-25-28-31-33-34-35-36-37-38-39-40-42-44-47-50-53-56-59-62-65-68-74(77)80-71-72(70-79-73(76)67-64-61-58-55-52-49-46-43-30-27-24-21-18-15-12-9-6-3)81-75(78)69-66-63-60-57-54-51-48-45-41-32-29-26-23-20-17-14-11-8-5-2/h9,12,18,21,26-27,29-30,72H,4-8,10-11,13-17,19-20,22-25,28,31-71H2,1-3H3/b12-9-,21-18-,29-26-,30-27-. The van der Waals surface area contributed by atoms with Crippen LogP contribution in [-0.2, 0) is 28.6 Å². The Balaban J connectivity index is 4.26. The van der Waals surface area contributed by atoms with Gasteiger partial charge in [-0.05, 0) is 77.0 Å². The van der Waals surface area contributed by atoms with Crippen LogP contribution >= 0.6 is 0 Å². The van der Waals surface area contributed by atoms with Crippen LogP contribution in [-0.4, -0.2) is 37.2 Å². The monoisotopic (exact) mass is 1140 g/mol. The van der Waals surface area contributed by atoms with Gasteiger partial charge in [0.2, 0.25) is 0 Å². The van der Waals surface area contributed by atoms with Crippen molar-refractivity contribution in [3.63, 3.8) is 0 Å². The molecule has 0 saturated carbocycles. The minimum atomic E-state index is -0.778. The molecule has 0 spiro atoms. The quantitative estimate of drug-likeness (QED) is 0.0261. The van der Waals surface area contributed by atoms with Gasteiger partial charge in [-0.1, -0.05) is 345 Å². The fourth-order valence-corrected chi connectivity index (χ4v) is 10.9. The summed E-state index contributed by atoms with van der Waals surface area (Å²) in [7, 11) is 0. The summed E-state index contributed by atoms with van der Waals surface area (Å²) in [5.74, 6) is -0.858. The second kappa shape index (κ2) is 69.9. The van der Waals surface area contributed by atoms with E-state index in [4.69, 9.17) is 14.2 Å². The highest BCUT2D eigenvalue weighted by Gasteiger charge is 2.19. The third-order valence-corrected chi connectivity index (χ3v) is 16.3. The zero-order valence-corrected chi connectivity index (χ0v) is 54.6. The molecule has 0 rings (SSSR count). The molecule has 0 amide bonds. The van der Waals surface area contributed by atoms with Crippen molar-refractivity contribution in [2.24, 2.45) is 0 Å². The Kier molecular flexibility index (Phi) is 67.6. The van der Waals surface area contributed by atoms with Gasteiger partial charge in [0.1, 0.15) is 13.2 Å². The van der Waals surface area contributed by atoms with Gasteiger partial charge >= 0.3 is 17.9 Å². The fourth-order valence-electron chi connectivity index (χ4n) is 10.9. The lowest BCUT2D eigenvalue weighted by Gasteiger charge is -2.18. The molecule has 0 aliphatic carbocycles. The molecular weight excluding hydrogens is 997 g/mol. The van der Waals surface area contributed by atoms with Gasteiger partial charge in [0.05, 0.1) is 0 Å². The van der Waals surface area contributed by atoms with Crippen molar-refractivity contribution in [2.75, 3.05) is 13.2 Å². The molecule has 81 heavy (non-hydrogen) atoms. The maximum absolute atomic E-state index is 13.0. The number of hydrogen-bond donors (Lipinski definition) is 0. The van der Waals surface area contributed by atoms with Crippen LogP contribution in [0.3, 0.4) is 0 Å². The summed E-state index contributed by atoms with van der Waals surface area (Å²) in [6.45, 7) is 6.59. The predicted octanol–water partition coefficient (Wildman–Crippen LogP) is 24.9. The molecule has 0 aromatic rings. The molecule has 1 unspecified atom stereocenters. The lowest BCUT2D eigenvalue weighted by Crippen LogP contribution is -2.30. The van der Waals surface area contributed by atoms with Crippen molar-refractivity contribution >= 4 is 17.9 Å². The molecule has 6 heteroatoms. The van der Waals surface area contributed by atoms with Crippen LogP contribution < -0.4 is 0 Å². The van der Waals surface area contributed by atoms with Crippen LogP contribution in [0.4, 0.5) is 0 Å². The normalized spacial score (nSPS) is 12.3. The topological polar surface area (TPSA) is 78.9 Å². The first-order valence-corrected chi connectivity index (χ1v) is 36.1. The van der Waals surface area contributed by atoms with Crippen molar-refractivity contribution in [1.82, 2.24) is 0 Å². The van der Waals surface area contributed by atoms with Gasteiger partial charge in [-0.25, -0.2) is 0 Å². The number of unbranched alkanes of at least 4 members (excludes halogenated alkanes) is 48. The molecule has 0 N–H and O–H groups in total. The molecular formula is C75H138O6. The summed E-state index contributed by atoms with van der Waals surface area (Å²) in [4.78, 5) is 38.5. The number of allylic oxidation sites excluding steroid dienone is 8. The van der Waals surface area contributed by atoms with E-state index in [1.54, 1.807) is 0 Å². The Morgan fingerprint density at radius 2 is 0.481 bits per heavy atom. The minimum absolute atomic E-state index is 0.0728. The SMILES string of the molecule is CC/C=C\C/C=C\C/C=C\CCCCCCCCCC(=O)OCC(COC(=O)CCCCCCCCCCCCCCCCCCCCCCCCCCCCC)OC(=O)CCCCCCCCCCC/C=C\CCCCCCCC. The highest BCUT2D eigenvalue weighted by molar-refractivity contribution is 5.71. The smallest absolute Gasteiger partial charge is 0.306 e. The lowest BCUT2D eigenvalue weighted by molar-refractivity contribution is -0.167. The van der Waals surface area contributed by atoms with Gasteiger partial charge in [-0.3, -0.25) is 14.4 Å². The average molecular weight is 1140 g/mol. The molecule has 0 aliphatic heterocycles. The van der Waals surface area contributed by atoms with Crippen molar-refractivity contribution in [1.29, 1.82) is 0 Å². The molecule has 0 heterocycles. The molecule has 0 aromatic heterocycles. The van der Waals surface area contributed by atoms with Crippen LogP contribution in [0.1, 0.15) is 393 Å². The van der Waals surface area contributed by atoms with Crippen molar-refractivity contribution in [2.45, 2.75) is 399 Å². The molecule has 0 fully saturated rings.